The summed E-state index contributed by atoms with van der Waals surface area (Å²) in [5.74, 6) is -0.0735. The Hall–Kier alpha value is -3.41. The van der Waals surface area contributed by atoms with E-state index in [0.29, 0.717) is 23.7 Å². The molecule has 4 rings (SSSR count). The number of anilines is 2. The van der Waals surface area contributed by atoms with Crippen LogP contribution in [0.5, 0.6) is 5.75 Å². The van der Waals surface area contributed by atoms with Gasteiger partial charge in [0.25, 0.3) is 0 Å². The van der Waals surface area contributed by atoms with Gasteiger partial charge in [-0.1, -0.05) is 24.3 Å². The van der Waals surface area contributed by atoms with E-state index in [0.717, 1.165) is 16.5 Å². The van der Waals surface area contributed by atoms with E-state index in [4.69, 9.17) is 4.74 Å². The van der Waals surface area contributed by atoms with Crippen LogP contribution in [0.3, 0.4) is 0 Å². The number of aryl methyl sites for hydroxylation is 1. The van der Waals surface area contributed by atoms with Crippen LogP contribution in [0.1, 0.15) is 12.0 Å². The van der Waals surface area contributed by atoms with Crippen LogP contribution in [0, 0.1) is 12.8 Å². The van der Waals surface area contributed by atoms with Gasteiger partial charge >= 0.3 is 0 Å². The summed E-state index contributed by atoms with van der Waals surface area (Å²) in [6, 6.07) is 15.1. The summed E-state index contributed by atoms with van der Waals surface area (Å²) in [5, 5.41) is 3.90. The molecule has 0 bridgehead atoms. The first-order valence-electron chi connectivity index (χ1n) is 9.16. The monoisotopic (exact) mass is 375 g/mol. The molecule has 1 saturated heterocycles. The number of aromatic nitrogens is 1. The van der Waals surface area contributed by atoms with Gasteiger partial charge in [-0.25, -0.2) is 0 Å². The fourth-order valence-electron chi connectivity index (χ4n) is 3.57. The number of pyridine rings is 1. The van der Waals surface area contributed by atoms with Gasteiger partial charge in [0, 0.05) is 24.5 Å². The molecule has 142 valence electrons. The fourth-order valence-corrected chi connectivity index (χ4v) is 3.57. The number of benzene rings is 2. The zero-order valence-corrected chi connectivity index (χ0v) is 15.8. The van der Waals surface area contributed by atoms with E-state index in [1.807, 2.05) is 55.5 Å². The molecule has 1 aromatic heterocycles. The van der Waals surface area contributed by atoms with Gasteiger partial charge in [0.05, 0.1) is 29.9 Å². The minimum atomic E-state index is -0.434. The van der Waals surface area contributed by atoms with Crippen LogP contribution in [0.2, 0.25) is 0 Å². The first-order valence-corrected chi connectivity index (χ1v) is 9.16. The van der Waals surface area contributed by atoms with Gasteiger partial charge in [-0.3, -0.25) is 14.6 Å². The molecule has 1 atom stereocenters. The SMILES string of the molecule is COc1ccc(C)cc1N1C[C@@H](C(=O)Nc2cccc3cccnc23)CC1=O. The van der Waals surface area contributed by atoms with Crippen molar-refractivity contribution in [1.29, 1.82) is 0 Å². The summed E-state index contributed by atoms with van der Waals surface area (Å²) < 4.78 is 5.40. The van der Waals surface area contributed by atoms with Crippen molar-refractivity contribution in [3.63, 3.8) is 0 Å². The highest BCUT2D eigenvalue weighted by Crippen LogP contribution is 2.34. The number of fused-ring (bicyclic) bond motifs is 1. The van der Waals surface area contributed by atoms with E-state index in [9.17, 15) is 9.59 Å². The van der Waals surface area contributed by atoms with E-state index in [-0.39, 0.29) is 18.2 Å². The lowest BCUT2D eigenvalue weighted by atomic mass is 10.1. The van der Waals surface area contributed by atoms with E-state index in [1.165, 1.54) is 0 Å². The molecule has 3 aromatic rings. The van der Waals surface area contributed by atoms with E-state index < -0.39 is 5.92 Å². The number of nitrogens with one attached hydrogen (secondary N) is 1. The predicted molar refractivity (Wildman–Crippen MR) is 109 cm³/mol. The summed E-state index contributed by atoms with van der Waals surface area (Å²) in [7, 11) is 1.58. The van der Waals surface area contributed by atoms with Crippen molar-refractivity contribution < 1.29 is 14.3 Å². The minimum Gasteiger partial charge on any atom is -0.495 e. The minimum absolute atomic E-state index is 0.0832. The van der Waals surface area contributed by atoms with Gasteiger partial charge < -0.3 is 15.0 Å². The van der Waals surface area contributed by atoms with Gasteiger partial charge in [-0.2, -0.15) is 0 Å². The molecule has 6 heteroatoms. The average molecular weight is 375 g/mol. The highest BCUT2D eigenvalue weighted by Gasteiger charge is 2.36. The number of nitrogens with zero attached hydrogens (tertiary/aromatic N) is 2. The molecule has 0 spiro atoms. The van der Waals surface area contributed by atoms with Crippen molar-refractivity contribution in [1.82, 2.24) is 4.98 Å². The molecule has 0 unspecified atom stereocenters. The third kappa shape index (κ3) is 3.29. The summed E-state index contributed by atoms with van der Waals surface area (Å²) >= 11 is 0. The number of hydrogen-bond acceptors (Lipinski definition) is 4. The zero-order chi connectivity index (χ0) is 19.7. The molecule has 1 fully saturated rings. The Kier molecular flexibility index (Phi) is 4.69. The molecule has 28 heavy (non-hydrogen) atoms. The van der Waals surface area contributed by atoms with E-state index in [2.05, 4.69) is 10.3 Å². The molecule has 0 radical (unpaired) electrons. The Bertz CT molecular complexity index is 1060. The molecule has 6 nitrogen and oxygen atoms in total. The van der Waals surface area contributed by atoms with Crippen molar-refractivity contribution in [2.75, 3.05) is 23.9 Å². The molecule has 2 heterocycles. The number of carbonyl (C=O) groups excluding carboxylic acids is 2. The maximum absolute atomic E-state index is 12.9. The van der Waals surface area contributed by atoms with Gasteiger partial charge in [0.15, 0.2) is 0 Å². The Morgan fingerprint density at radius 3 is 2.86 bits per heavy atom. The second-order valence-corrected chi connectivity index (χ2v) is 6.95. The predicted octanol–water partition coefficient (Wildman–Crippen LogP) is 3.54. The van der Waals surface area contributed by atoms with Crippen LogP contribution >= 0.6 is 0 Å². The Balaban J connectivity index is 1.56. The first-order chi connectivity index (χ1) is 13.6. The summed E-state index contributed by atoms with van der Waals surface area (Å²) in [6.45, 7) is 2.28. The Labute approximate surface area is 163 Å². The van der Waals surface area contributed by atoms with Crippen LogP contribution in [-0.4, -0.2) is 30.5 Å². The second-order valence-electron chi connectivity index (χ2n) is 6.95. The number of hydrogen-bond donors (Lipinski definition) is 1. The largest absolute Gasteiger partial charge is 0.495 e. The molecular weight excluding hydrogens is 354 g/mol. The molecule has 0 saturated carbocycles. The normalized spacial score (nSPS) is 16.4. The highest BCUT2D eigenvalue weighted by atomic mass is 16.5. The first kappa shape index (κ1) is 18.0. The van der Waals surface area contributed by atoms with Crippen molar-refractivity contribution in [2.24, 2.45) is 5.92 Å². The number of rotatable bonds is 4. The van der Waals surface area contributed by atoms with E-state index in [1.54, 1.807) is 18.2 Å². The smallest absolute Gasteiger partial charge is 0.229 e. The van der Waals surface area contributed by atoms with Crippen LogP contribution in [-0.2, 0) is 9.59 Å². The average Bonchev–Trinajstić information content (AvgIpc) is 3.10. The maximum Gasteiger partial charge on any atom is 0.229 e. The third-order valence-corrected chi connectivity index (χ3v) is 5.01. The number of amides is 2. The van der Waals surface area contributed by atoms with Crippen molar-refractivity contribution in [2.45, 2.75) is 13.3 Å². The van der Waals surface area contributed by atoms with Gasteiger partial charge in [-0.15, -0.1) is 0 Å². The fraction of sp³-hybridized carbons (Fsp3) is 0.227. The number of ether oxygens (including phenoxy) is 1. The van der Waals surface area contributed by atoms with Crippen molar-refractivity contribution >= 4 is 34.1 Å². The van der Waals surface area contributed by atoms with Crippen LogP contribution in [0.15, 0.2) is 54.7 Å². The number of carbonyl (C=O) groups is 2. The van der Waals surface area contributed by atoms with Gasteiger partial charge in [-0.05, 0) is 36.8 Å². The van der Waals surface area contributed by atoms with E-state index >= 15 is 0 Å². The lowest BCUT2D eigenvalue weighted by Gasteiger charge is -2.20. The number of para-hydroxylation sites is 1. The summed E-state index contributed by atoms with van der Waals surface area (Å²) in [5.41, 5.74) is 3.12. The van der Waals surface area contributed by atoms with Crippen LogP contribution < -0.4 is 15.0 Å². The molecule has 0 aliphatic carbocycles. The van der Waals surface area contributed by atoms with Crippen LogP contribution in [0.25, 0.3) is 10.9 Å². The van der Waals surface area contributed by atoms with Crippen molar-refractivity contribution in [3.8, 4) is 5.75 Å². The molecule has 1 N–H and O–H groups in total. The molecule has 2 aromatic carbocycles. The topological polar surface area (TPSA) is 71.5 Å². The Morgan fingerprint density at radius 1 is 1.21 bits per heavy atom. The maximum atomic E-state index is 12.9. The van der Waals surface area contributed by atoms with Crippen molar-refractivity contribution in [3.05, 3.63) is 60.3 Å². The standard InChI is InChI=1S/C22H21N3O3/c1-14-8-9-19(28-2)18(11-14)25-13-16(12-20(25)26)22(27)24-17-7-3-5-15-6-4-10-23-21(15)17/h3-11,16H,12-13H2,1-2H3,(H,24,27)/t16-/m0/s1. The quantitative estimate of drug-likeness (QED) is 0.757. The molecule has 2 amide bonds. The van der Waals surface area contributed by atoms with Gasteiger partial charge in [0.2, 0.25) is 11.8 Å². The Morgan fingerprint density at radius 2 is 2.04 bits per heavy atom. The highest BCUT2D eigenvalue weighted by molar-refractivity contribution is 6.06. The third-order valence-electron chi connectivity index (χ3n) is 5.01. The molecule has 1 aliphatic heterocycles. The second kappa shape index (κ2) is 7.31. The molecule has 1 aliphatic rings. The lowest BCUT2D eigenvalue weighted by Crippen LogP contribution is -2.28. The zero-order valence-electron chi connectivity index (χ0n) is 15.8. The molecular formula is C22H21N3O3. The number of methoxy groups -OCH3 is 1. The van der Waals surface area contributed by atoms with Gasteiger partial charge in [0.1, 0.15) is 5.75 Å². The van der Waals surface area contributed by atoms with Crippen LogP contribution in [0.4, 0.5) is 11.4 Å². The summed E-state index contributed by atoms with van der Waals surface area (Å²) in [6.07, 6.45) is 1.87. The lowest BCUT2D eigenvalue weighted by molar-refractivity contribution is -0.122. The summed E-state index contributed by atoms with van der Waals surface area (Å²) in [4.78, 5) is 31.5.